The minimum atomic E-state index is -3.70. The van der Waals surface area contributed by atoms with Gasteiger partial charge < -0.3 is 10.6 Å². The summed E-state index contributed by atoms with van der Waals surface area (Å²) in [5.74, 6) is -0.0812. The van der Waals surface area contributed by atoms with E-state index >= 15 is 0 Å². The molecule has 0 saturated carbocycles. The van der Waals surface area contributed by atoms with Gasteiger partial charge in [0, 0.05) is 18.2 Å². The second kappa shape index (κ2) is 10.9. The Morgan fingerprint density at radius 3 is 2.33 bits per heavy atom. The van der Waals surface area contributed by atoms with Crippen molar-refractivity contribution >= 4 is 27.5 Å². The first-order chi connectivity index (χ1) is 15.6. The fourth-order valence-corrected chi connectivity index (χ4v) is 4.54. The van der Waals surface area contributed by atoms with E-state index in [2.05, 4.69) is 15.5 Å². The van der Waals surface area contributed by atoms with E-state index in [0.29, 0.717) is 45.4 Å². The lowest BCUT2D eigenvalue weighted by atomic mass is 9.96. The molecule has 2 aromatic rings. The number of nitrogens with two attached hydrogens (primary N) is 1. The molecule has 1 fully saturated rings. The topological polar surface area (TPSA) is 122 Å². The average Bonchev–Trinajstić information content (AvgIpc) is 2.76. The van der Waals surface area contributed by atoms with Gasteiger partial charge >= 0.3 is 0 Å². The zero-order valence-corrected chi connectivity index (χ0v) is 20.0. The lowest BCUT2D eigenvalue weighted by Crippen LogP contribution is -2.43. The molecule has 4 N–H and O–H groups in total. The number of hydrogen-bond donors (Lipinski definition) is 3. The smallest absolute Gasteiger partial charge is 0.238 e. The molecule has 1 saturated heterocycles. The molecule has 2 amide bonds. The number of nitrogens with one attached hydrogen (secondary N) is 2. The number of piperidine rings is 1. The minimum Gasteiger partial charge on any atom is -0.356 e. The summed E-state index contributed by atoms with van der Waals surface area (Å²) in [5.41, 5.74) is 3.95. The molecule has 0 bridgehead atoms. The highest BCUT2D eigenvalue weighted by Crippen LogP contribution is 2.19. The van der Waals surface area contributed by atoms with Crippen LogP contribution in [0.3, 0.4) is 0 Å². The molecule has 2 aromatic carbocycles. The summed E-state index contributed by atoms with van der Waals surface area (Å²) in [4.78, 5) is 27.1. The standard InChI is InChI=1S/C24H32N4O4S/c1-17-3-8-22(18(2)15-17)27-23(29)16-28-13-10-20(11-14-28)24(30)26-12-9-19-4-6-21(7-5-19)33(25,31)32/h3-8,15,20H,9-14,16H2,1-2H3,(H,26,30)(H,27,29)(H2,25,31,32). The Hall–Kier alpha value is -2.75. The number of carbonyl (C=O) groups excluding carboxylic acids is 2. The monoisotopic (exact) mass is 472 g/mol. The highest BCUT2D eigenvalue weighted by Gasteiger charge is 2.25. The van der Waals surface area contributed by atoms with Crippen LogP contribution >= 0.6 is 0 Å². The van der Waals surface area contributed by atoms with E-state index in [4.69, 9.17) is 5.14 Å². The summed E-state index contributed by atoms with van der Waals surface area (Å²) in [6.45, 7) is 6.20. The molecule has 1 aliphatic rings. The Balaban J connectivity index is 1.37. The molecular formula is C24H32N4O4S. The van der Waals surface area contributed by atoms with Crippen LogP contribution < -0.4 is 15.8 Å². The third kappa shape index (κ3) is 7.38. The van der Waals surface area contributed by atoms with Crippen molar-refractivity contribution in [3.05, 3.63) is 59.2 Å². The second-order valence-electron chi connectivity index (χ2n) is 8.65. The summed E-state index contributed by atoms with van der Waals surface area (Å²) in [6.07, 6.45) is 2.03. The normalized spacial score (nSPS) is 15.2. The second-order valence-corrected chi connectivity index (χ2v) is 10.2. The zero-order valence-electron chi connectivity index (χ0n) is 19.1. The molecule has 1 aliphatic heterocycles. The van der Waals surface area contributed by atoms with Crippen molar-refractivity contribution in [2.45, 2.75) is 38.0 Å². The summed E-state index contributed by atoms with van der Waals surface area (Å²) >= 11 is 0. The third-order valence-electron chi connectivity index (χ3n) is 5.95. The molecule has 9 heteroatoms. The van der Waals surface area contributed by atoms with Crippen molar-refractivity contribution in [2.24, 2.45) is 11.1 Å². The number of likely N-dealkylation sites (tertiary alicyclic amines) is 1. The molecule has 0 unspecified atom stereocenters. The Bertz CT molecular complexity index is 1090. The first-order valence-corrected chi connectivity index (χ1v) is 12.7. The van der Waals surface area contributed by atoms with E-state index in [1.54, 1.807) is 12.1 Å². The van der Waals surface area contributed by atoms with E-state index < -0.39 is 10.0 Å². The van der Waals surface area contributed by atoms with Crippen molar-refractivity contribution in [3.63, 3.8) is 0 Å². The highest BCUT2D eigenvalue weighted by molar-refractivity contribution is 7.89. The molecule has 8 nitrogen and oxygen atoms in total. The van der Waals surface area contributed by atoms with E-state index in [9.17, 15) is 18.0 Å². The summed E-state index contributed by atoms with van der Waals surface area (Å²) in [7, 11) is -3.70. The predicted octanol–water partition coefficient (Wildman–Crippen LogP) is 1.96. The molecule has 0 atom stereocenters. The average molecular weight is 473 g/mol. The third-order valence-corrected chi connectivity index (χ3v) is 6.88. The molecular weight excluding hydrogens is 440 g/mol. The van der Waals surface area contributed by atoms with E-state index in [-0.39, 0.29) is 22.6 Å². The minimum absolute atomic E-state index is 0.0236. The Morgan fingerprint density at radius 2 is 1.73 bits per heavy atom. The number of nitrogens with zero attached hydrogens (tertiary/aromatic N) is 1. The molecule has 3 rings (SSSR count). The van der Waals surface area contributed by atoms with Gasteiger partial charge in [0.1, 0.15) is 0 Å². The first-order valence-electron chi connectivity index (χ1n) is 11.1. The van der Waals surface area contributed by atoms with Gasteiger partial charge in [0.25, 0.3) is 0 Å². The number of hydrogen-bond acceptors (Lipinski definition) is 5. The van der Waals surface area contributed by atoms with Crippen LogP contribution in [0.2, 0.25) is 0 Å². The fraction of sp³-hybridized carbons (Fsp3) is 0.417. The van der Waals surface area contributed by atoms with Crippen LogP contribution in [-0.2, 0) is 26.0 Å². The number of benzene rings is 2. The van der Waals surface area contributed by atoms with E-state index in [0.717, 1.165) is 22.4 Å². The molecule has 0 spiro atoms. The van der Waals surface area contributed by atoms with Gasteiger partial charge in [-0.05, 0) is 75.5 Å². The van der Waals surface area contributed by atoms with Crippen molar-refractivity contribution in [3.8, 4) is 0 Å². The fourth-order valence-electron chi connectivity index (χ4n) is 4.02. The molecule has 178 valence electrons. The van der Waals surface area contributed by atoms with Crippen LogP contribution in [0.4, 0.5) is 5.69 Å². The van der Waals surface area contributed by atoms with Gasteiger partial charge in [-0.25, -0.2) is 13.6 Å². The number of primary sulfonamides is 1. The van der Waals surface area contributed by atoms with Crippen molar-refractivity contribution < 1.29 is 18.0 Å². The van der Waals surface area contributed by atoms with Gasteiger partial charge in [-0.1, -0.05) is 29.8 Å². The van der Waals surface area contributed by atoms with E-state index in [1.807, 2.05) is 32.0 Å². The van der Waals surface area contributed by atoms with Crippen molar-refractivity contribution in [1.82, 2.24) is 10.2 Å². The van der Waals surface area contributed by atoms with Gasteiger partial charge in [0.05, 0.1) is 11.4 Å². The Kier molecular flexibility index (Phi) is 8.23. The lowest BCUT2D eigenvalue weighted by molar-refractivity contribution is -0.126. The number of rotatable bonds is 8. The molecule has 0 radical (unpaired) electrons. The van der Waals surface area contributed by atoms with Crippen LogP contribution in [0.15, 0.2) is 47.4 Å². The maximum atomic E-state index is 12.5. The molecule has 0 aromatic heterocycles. The quantitative estimate of drug-likeness (QED) is 0.542. The van der Waals surface area contributed by atoms with Gasteiger partial charge in [-0.15, -0.1) is 0 Å². The number of anilines is 1. The first kappa shape index (κ1) is 24.9. The van der Waals surface area contributed by atoms with Crippen LogP contribution in [0, 0.1) is 19.8 Å². The van der Waals surface area contributed by atoms with Crippen molar-refractivity contribution in [1.29, 1.82) is 0 Å². The van der Waals surface area contributed by atoms with E-state index in [1.165, 1.54) is 12.1 Å². The van der Waals surface area contributed by atoms with Crippen LogP contribution in [0.1, 0.15) is 29.5 Å². The SMILES string of the molecule is Cc1ccc(NC(=O)CN2CCC(C(=O)NCCc3ccc(S(N)(=O)=O)cc3)CC2)c(C)c1. The molecule has 1 heterocycles. The van der Waals surface area contributed by atoms with Crippen LogP contribution in [0.25, 0.3) is 0 Å². The summed E-state index contributed by atoms with van der Waals surface area (Å²) in [5, 5.41) is 11.0. The van der Waals surface area contributed by atoms with Gasteiger partial charge in [-0.2, -0.15) is 0 Å². The van der Waals surface area contributed by atoms with Crippen LogP contribution in [-0.4, -0.2) is 51.3 Å². The maximum Gasteiger partial charge on any atom is 0.238 e. The van der Waals surface area contributed by atoms with Gasteiger partial charge in [-0.3, -0.25) is 14.5 Å². The highest BCUT2D eigenvalue weighted by atomic mass is 32.2. The van der Waals surface area contributed by atoms with Gasteiger partial charge in [0.2, 0.25) is 21.8 Å². The lowest BCUT2D eigenvalue weighted by Gasteiger charge is -2.30. The number of carbonyl (C=O) groups is 2. The number of sulfonamides is 1. The largest absolute Gasteiger partial charge is 0.356 e. The Labute approximate surface area is 195 Å². The zero-order chi connectivity index (χ0) is 24.0. The van der Waals surface area contributed by atoms with Gasteiger partial charge in [0.15, 0.2) is 0 Å². The Morgan fingerprint density at radius 1 is 1.06 bits per heavy atom. The number of aryl methyl sites for hydroxylation is 2. The predicted molar refractivity (Wildman–Crippen MR) is 128 cm³/mol. The maximum absolute atomic E-state index is 12.5. The summed E-state index contributed by atoms with van der Waals surface area (Å²) in [6, 6.07) is 12.3. The van der Waals surface area contributed by atoms with Crippen LogP contribution in [0.5, 0.6) is 0 Å². The van der Waals surface area contributed by atoms with Crippen molar-refractivity contribution in [2.75, 3.05) is 31.5 Å². The number of amides is 2. The summed E-state index contributed by atoms with van der Waals surface area (Å²) < 4.78 is 22.6. The molecule has 0 aliphatic carbocycles. The molecule has 33 heavy (non-hydrogen) atoms.